The Morgan fingerprint density at radius 3 is 0.552 bits per heavy atom. The number of pyridine rings is 8. The lowest BCUT2D eigenvalue weighted by Crippen LogP contribution is -1.94. The molecular weight excluding hydrogens is 1220 g/mol. The number of nitrogens with zero attached hydrogens (tertiary/aromatic N) is 14. The molecule has 0 saturated carbocycles. The highest BCUT2D eigenvalue weighted by atomic mass is 16.5. The summed E-state index contributed by atoms with van der Waals surface area (Å²) in [6.07, 6.45) is 26.1. The predicted molar refractivity (Wildman–Crippen MR) is 351 cm³/mol. The molecule has 2 N–H and O–H groups in total. The average molecular weight is 1260 g/mol. The molecule has 15 aromatic rings. The molecule has 0 aliphatic carbocycles. The second-order valence-corrected chi connectivity index (χ2v) is 21.3. The van der Waals surface area contributed by atoms with Gasteiger partial charge in [0.1, 0.15) is 68.6 Å². The molecule has 0 atom stereocenters. The number of ether oxygens (including phenoxy) is 8. The highest BCUT2D eigenvalue weighted by Gasteiger charge is 2.29. The van der Waals surface area contributed by atoms with E-state index in [1.165, 1.54) is 0 Å². The number of fused-ring (bicyclic) bond motifs is 20. The van der Waals surface area contributed by atoms with Crippen molar-refractivity contribution in [2.24, 2.45) is 0 Å². The number of rotatable bonds is 16. The molecule has 0 fully saturated rings. The zero-order valence-electron chi connectivity index (χ0n) is 49.6. The Balaban J connectivity index is 0.987. The van der Waals surface area contributed by atoms with Crippen LogP contribution in [0.1, 0.15) is 0 Å². The van der Waals surface area contributed by atoms with Gasteiger partial charge in [0.05, 0.1) is 49.6 Å². The Morgan fingerprint density at radius 1 is 0.208 bits per heavy atom. The van der Waals surface area contributed by atoms with Crippen LogP contribution in [0.4, 0.5) is 0 Å². The molecule has 13 heterocycles. The summed E-state index contributed by atoms with van der Waals surface area (Å²) in [5.41, 5.74) is 3.23. The standard InChI is InChI=1S/C72H42N16O8/c1-9-41(33-73-17-1)89-57-25-49-50(26-58(57)90-42-10-2-18-74-34-42)66-81-65(49)85-67-51-27-59(91-43-11-3-19-75-35-43)60(92-44-12-4-20-76-36-44)28-52(51)69(82-67)87-71-55-31-63(95-47-15-7-23-79-39-47)64(96-48-16-8-24-80-40-48)32-56(55)72(84-71)88-70-54-30-62(94-46-14-6-22-78-38-46)61(29-53(54)68(83-70)86-66)93-45-13-5-21-77-37-45/h1-40H,(H2,81,82,83,84,85,86,87,88). The molecule has 0 radical (unpaired) electrons. The Kier molecular flexibility index (Phi) is 14.1. The van der Waals surface area contributed by atoms with Crippen LogP contribution in [0.25, 0.3) is 89.7 Å². The fraction of sp³-hybridized carbons (Fsp3) is 0. The van der Waals surface area contributed by atoms with E-state index in [1.807, 2.05) is 24.3 Å². The molecule has 0 spiro atoms. The van der Waals surface area contributed by atoms with E-state index in [1.54, 1.807) is 220 Å². The Morgan fingerprint density at radius 2 is 0.385 bits per heavy atom. The van der Waals surface area contributed by atoms with Gasteiger partial charge in [-0.2, -0.15) is 0 Å². The smallest absolute Gasteiger partial charge is 0.170 e. The first-order valence-electron chi connectivity index (χ1n) is 29.7. The summed E-state index contributed by atoms with van der Waals surface area (Å²) in [4.78, 5) is 74.1. The minimum Gasteiger partial charge on any atom is -0.452 e. The Labute approximate surface area is 541 Å². The van der Waals surface area contributed by atoms with Crippen molar-refractivity contribution >= 4 is 44.1 Å². The van der Waals surface area contributed by atoms with E-state index in [2.05, 4.69) is 49.8 Å². The van der Waals surface area contributed by atoms with E-state index in [-0.39, 0.29) is 23.3 Å². The third-order valence-corrected chi connectivity index (χ3v) is 15.0. The SMILES string of the molecule is c1cncc(Oc2cc3c(cc2Oc2cccnc2)-c2nc-3nc3[nH]c(nc4nc(nc5[nH]c(n2)c2cc(Oc6cccnc6)c(Oc6cccnc6)cc52)-c2cc(Oc5cccnc5)c(Oc5cccnc5)cc2-4)c2cc(Oc4cccnc4)c(Oc4cccnc4)cc32)c1. The average Bonchev–Trinajstić information content (AvgIpc) is 1.59. The number of nitrogens with one attached hydrogen (secondary N) is 2. The molecule has 4 aromatic carbocycles. The number of H-pyrrole nitrogens is 2. The van der Waals surface area contributed by atoms with Gasteiger partial charge >= 0.3 is 0 Å². The van der Waals surface area contributed by atoms with Crippen molar-refractivity contribution < 1.29 is 37.9 Å². The number of benzene rings is 4. The van der Waals surface area contributed by atoms with E-state index in [0.717, 1.165) is 0 Å². The molecular formula is C72H42N16O8. The first-order valence-corrected chi connectivity index (χ1v) is 29.7. The largest absolute Gasteiger partial charge is 0.452 e. The topological polar surface area (TPSA) is 286 Å². The van der Waals surface area contributed by atoms with Gasteiger partial charge in [0, 0.05) is 93.4 Å². The summed E-state index contributed by atoms with van der Waals surface area (Å²) in [6, 6.07) is 42.9. The van der Waals surface area contributed by atoms with Crippen LogP contribution in [0, 0.1) is 0 Å². The molecule has 8 bridgehead atoms. The first-order chi connectivity index (χ1) is 47.5. The van der Waals surface area contributed by atoms with Gasteiger partial charge < -0.3 is 47.9 Å². The van der Waals surface area contributed by atoms with Crippen molar-refractivity contribution in [1.82, 2.24) is 79.7 Å². The zero-order valence-corrected chi connectivity index (χ0v) is 49.6. The van der Waals surface area contributed by atoms with E-state index in [0.29, 0.717) is 158 Å². The van der Waals surface area contributed by atoms with Crippen LogP contribution in [0.15, 0.2) is 245 Å². The summed E-state index contributed by atoms with van der Waals surface area (Å²) < 4.78 is 53.1. The number of hydrogen-bond donors (Lipinski definition) is 2. The fourth-order valence-corrected chi connectivity index (χ4v) is 10.7. The van der Waals surface area contributed by atoms with Gasteiger partial charge in [-0.25, -0.2) is 29.9 Å². The monoisotopic (exact) mass is 1260 g/mol. The van der Waals surface area contributed by atoms with Gasteiger partial charge in [-0.15, -0.1) is 0 Å². The Bertz CT molecular complexity index is 4920. The van der Waals surface area contributed by atoms with Crippen molar-refractivity contribution in [2.75, 3.05) is 0 Å². The first kappa shape index (κ1) is 55.9. The molecule has 458 valence electrons. The minimum atomic E-state index is 0.214. The molecule has 2 aliphatic heterocycles. The van der Waals surface area contributed by atoms with Crippen LogP contribution in [0.3, 0.4) is 0 Å². The highest BCUT2D eigenvalue weighted by Crippen LogP contribution is 2.49. The van der Waals surface area contributed by atoms with E-state index in [9.17, 15) is 0 Å². The third-order valence-electron chi connectivity index (χ3n) is 15.0. The summed E-state index contributed by atoms with van der Waals surface area (Å²) >= 11 is 0. The van der Waals surface area contributed by atoms with Crippen LogP contribution >= 0.6 is 0 Å². The molecule has 0 amide bonds. The maximum absolute atomic E-state index is 6.64. The molecule has 96 heavy (non-hydrogen) atoms. The van der Waals surface area contributed by atoms with Crippen molar-refractivity contribution in [3.05, 3.63) is 245 Å². The molecule has 2 aliphatic rings. The molecule has 17 rings (SSSR count). The lowest BCUT2D eigenvalue weighted by atomic mass is 10.1. The molecule has 0 unspecified atom stereocenters. The quantitative estimate of drug-likeness (QED) is 0.0908. The summed E-state index contributed by atoms with van der Waals surface area (Å²) in [7, 11) is 0. The number of hydrogen-bond acceptors (Lipinski definition) is 22. The second kappa shape index (κ2) is 24.2. The lowest BCUT2D eigenvalue weighted by Gasteiger charge is -2.14. The van der Waals surface area contributed by atoms with Crippen LogP contribution < -0.4 is 37.9 Å². The van der Waals surface area contributed by atoms with Crippen molar-refractivity contribution in [2.45, 2.75) is 0 Å². The van der Waals surface area contributed by atoms with Gasteiger partial charge in [-0.05, 0) is 146 Å². The van der Waals surface area contributed by atoms with Gasteiger partial charge in [-0.3, -0.25) is 39.9 Å². The second-order valence-electron chi connectivity index (χ2n) is 21.3. The molecule has 0 saturated heterocycles. The molecule has 11 aromatic heterocycles. The third kappa shape index (κ3) is 11.3. The van der Waals surface area contributed by atoms with Crippen LogP contribution in [-0.2, 0) is 0 Å². The summed E-state index contributed by atoms with van der Waals surface area (Å²) in [6.45, 7) is 0. The van der Waals surface area contributed by atoms with Gasteiger partial charge in [0.25, 0.3) is 0 Å². The summed E-state index contributed by atoms with van der Waals surface area (Å²) in [5.74, 6) is 6.75. The molecule has 24 nitrogen and oxygen atoms in total. The number of aromatic nitrogens is 16. The normalized spacial score (nSPS) is 11.3. The highest BCUT2D eigenvalue weighted by molar-refractivity contribution is 6.08. The van der Waals surface area contributed by atoms with Crippen LogP contribution in [-0.4, -0.2) is 79.7 Å². The van der Waals surface area contributed by atoms with E-state index in [4.69, 9.17) is 67.8 Å². The minimum absolute atomic E-state index is 0.214. The Hall–Kier alpha value is -14.2. The van der Waals surface area contributed by atoms with Crippen molar-refractivity contribution in [3.63, 3.8) is 0 Å². The van der Waals surface area contributed by atoms with Gasteiger partial charge in [0.15, 0.2) is 69.3 Å². The molecule has 24 heteroatoms. The zero-order chi connectivity index (χ0) is 63.7. The van der Waals surface area contributed by atoms with Crippen LogP contribution in [0.5, 0.6) is 92.0 Å². The summed E-state index contributed by atoms with van der Waals surface area (Å²) in [5, 5.41) is 2.14. The number of aromatic amines is 2. The van der Waals surface area contributed by atoms with Crippen molar-refractivity contribution in [3.8, 4) is 138 Å². The maximum atomic E-state index is 6.64. The van der Waals surface area contributed by atoms with Crippen molar-refractivity contribution in [1.29, 1.82) is 0 Å². The lowest BCUT2D eigenvalue weighted by molar-refractivity contribution is 0.417. The van der Waals surface area contributed by atoms with Gasteiger partial charge in [-0.1, -0.05) is 0 Å². The fourth-order valence-electron chi connectivity index (χ4n) is 10.7. The van der Waals surface area contributed by atoms with Crippen LogP contribution in [0.2, 0.25) is 0 Å². The predicted octanol–water partition coefficient (Wildman–Crippen LogP) is 16.4. The van der Waals surface area contributed by atoms with E-state index >= 15 is 0 Å². The maximum Gasteiger partial charge on any atom is 0.170 e. The van der Waals surface area contributed by atoms with Gasteiger partial charge in [0.2, 0.25) is 0 Å². The van der Waals surface area contributed by atoms with E-state index < -0.39 is 0 Å².